The number of hydrogen-bond acceptors (Lipinski definition) is 6. The number of halogens is 1. The fourth-order valence-corrected chi connectivity index (χ4v) is 1.86. The van der Waals surface area contributed by atoms with E-state index in [1.807, 2.05) is 0 Å². The summed E-state index contributed by atoms with van der Waals surface area (Å²) in [5, 5.41) is 11.1. The molecule has 7 nitrogen and oxygen atoms in total. The summed E-state index contributed by atoms with van der Waals surface area (Å²) in [5.74, 6) is -4.50. The molecule has 0 radical (unpaired) electrons. The van der Waals surface area contributed by atoms with Gasteiger partial charge in [-0.25, -0.2) is 4.39 Å². The van der Waals surface area contributed by atoms with E-state index in [2.05, 4.69) is 0 Å². The second kappa shape index (κ2) is 7.17. The molecule has 0 aliphatic rings. The van der Waals surface area contributed by atoms with Gasteiger partial charge in [0.25, 0.3) is 5.69 Å². The molecule has 1 unspecified atom stereocenters. The molecule has 1 rings (SSSR count). The van der Waals surface area contributed by atoms with Crippen molar-refractivity contribution in [3.05, 3.63) is 39.7 Å². The highest BCUT2D eigenvalue weighted by atomic mass is 19.1. The first kappa shape index (κ1) is 18.5. The highest BCUT2D eigenvalue weighted by molar-refractivity contribution is 6.01. The van der Waals surface area contributed by atoms with Crippen molar-refractivity contribution < 1.29 is 28.4 Å². The maximum atomic E-state index is 13.3. The molecule has 0 aliphatic carbocycles. The summed E-state index contributed by atoms with van der Waals surface area (Å²) in [6, 6.07) is 2.59. The largest absolute Gasteiger partial charge is 0.465 e. The molecule has 0 spiro atoms. The third-order valence-corrected chi connectivity index (χ3v) is 2.66. The number of hydrogen-bond donors (Lipinski definition) is 0. The van der Waals surface area contributed by atoms with Crippen molar-refractivity contribution in [2.24, 2.45) is 0 Å². The van der Waals surface area contributed by atoms with Gasteiger partial charge in [0.1, 0.15) is 11.4 Å². The highest BCUT2D eigenvalue weighted by Gasteiger charge is 2.38. The lowest BCUT2D eigenvalue weighted by Crippen LogP contribution is -2.32. The predicted octanol–water partition coefficient (Wildman–Crippen LogP) is 2.72. The Morgan fingerprint density at radius 2 is 1.91 bits per heavy atom. The molecule has 0 saturated carbocycles. The molecule has 23 heavy (non-hydrogen) atoms. The molecule has 1 aromatic rings. The highest BCUT2D eigenvalue weighted by Crippen LogP contribution is 2.30. The molecule has 126 valence electrons. The Labute approximate surface area is 132 Å². The number of nitrogens with zero attached hydrogens (tertiary/aromatic N) is 1. The molecule has 0 aliphatic heterocycles. The minimum absolute atomic E-state index is 0.0207. The molecule has 0 aromatic heterocycles. The maximum Gasteiger partial charge on any atom is 0.325 e. The van der Waals surface area contributed by atoms with E-state index in [4.69, 9.17) is 9.47 Å². The minimum atomic E-state index is -1.66. The molecule has 0 heterocycles. The number of ether oxygens (including phenoxy) is 2. The van der Waals surface area contributed by atoms with Gasteiger partial charge in [0.15, 0.2) is 5.92 Å². The summed E-state index contributed by atoms with van der Waals surface area (Å²) < 4.78 is 23.2. The van der Waals surface area contributed by atoms with Crippen molar-refractivity contribution in [1.82, 2.24) is 0 Å². The molecular formula is C15H18FNO6. The predicted molar refractivity (Wildman–Crippen MR) is 78.3 cm³/mol. The lowest BCUT2D eigenvalue weighted by molar-refractivity contribution is -0.385. The maximum absolute atomic E-state index is 13.3. The molecule has 0 fully saturated rings. The number of esters is 2. The normalized spacial score (nSPS) is 12.4. The van der Waals surface area contributed by atoms with Crippen LogP contribution in [0.4, 0.5) is 10.1 Å². The zero-order valence-electron chi connectivity index (χ0n) is 13.3. The molecular weight excluding hydrogens is 309 g/mol. The van der Waals surface area contributed by atoms with Crippen LogP contribution in [-0.2, 0) is 19.1 Å². The van der Waals surface area contributed by atoms with Crippen LogP contribution in [0.1, 0.15) is 39.2 Å². The number of rotatable bonds is 5. The first-order valence-corrected chi connectivity index (χ1v) is 6.90. The number of benzene rings is 1. The van der Waals surface area contributed by atoms with E-state index in [9.17, 15) is 24.1 Å². The summed E-state index contributed by atoms with van der Waals surface area (Å²) in [5.41, 5.74) is -1.87. The van der Waals surface area contributed by atoms with Crippen molar-refractivity contribution in [3.63, 3.8) is 0 Å². The molecule has 0 bridgehead atoms. The third kappa shape index (κ3) is 5.01. The van der Waals surface area contributed by atoms with Crippen LogP contribution in [0, 0.1) is 15.9 Å². The van der Waals surface area contributed by atoms with Gasteiger partial charge in [-0.2, -0.15) is 0 Å². The van der Waals surface area contributed by atoms with Crippen LogP contribution >= 0.6 is 0 Å². The Hall–Kier alpha value is -2.51. The summed E-state index contributed by atoms with van der Waals surface area (Å²) in [6.07, 6.45) is 0. The van der Waals surface area contributed by atoms with Gasteiger partial charge in [-0.3, -0.25) is 19.7 Å². The van der Waals surface area contributed by atoms with Crippen molar-refractivity contribution in [3.8, 4) is 0 Å². The summed E-state index contributed by atoms with van der Waals surface area (Å²) in [7, 11) is 0. The van der Waals surface area contributed by atoms with Gasteiger partial charge in [0, 0.05) is 0 Å². The lowest BCUT2D eigenvalue weighted by Gasteiger charge is -2.23. The molecule has 0 saturated heterocycles. The van der Waals surface area contributed by atoms with E-state index >= 15 is 0 Å². The van der Waals surface area contributed by atoms with E-state index in [0.717, 1.165) is 12.1 Å². The van der Waals surface area contributed by atoms with E-state index in [1.54, 1.807) is 20.8 Å². The Bertz CT molecular complexity index is 623. The van der Waals surface area contributed by atoms with E-state index in [-0.39, 0.29) is 12.2 Å². The minimum Gasteiger partial charge on any atom is -0.465 e. The number of nitro groups is 1. The molecule has 0 N–H and O–H groups in total. The zero-order valence-corrected chi connectivity index (χ0v) is 13.3. The molecule has 1 aromatic carbocycles. The van der Waals surface area contributed by atoms with E-state index in [0.29, 0.717) is 6.07 Å². The van der Waals surface area contributed by atoms with Crippen LogP contribution in [-0.4, -0.2) is 29.1 Å². The molecule has 1 atom stereocenters. The topological polar surface area (TPSA) is 95.7 Å². The monoisotopic (exact) mass is 327 g/mol. The average molecular weight is 327 g/mol. The van der Waals surface area contributed by atoms with Gasteiger partial charge in [-0.05, 0) is 39.8 Å². The van der Waals surface area contributed by atoms with Crippen LogP contribution in [0.3, 0.4) is 0 Å². The summed E-state index contributed by atoms with van der Waals surface area (Å²) in [6.45, 7) is 6.28. The van der Waals surface area contributed by atoms with Crippen molar-refractivity contribution in [1.29, 1.82) is 0 Å². The van der Waals surface area contributed by atoms with Crippen LogP contribution in [0.25, 0.3) is 0 Å². The standard InChI is InChI=1S/C15H18FNO6/c1-5-22-13(18)12(14(19)23-15(2,3)4)10-7-6-9(16)8-11(10)17(20)21/h6-8,12H,5H2,1-4H3. The lowest BCUT2D eigenvalue weighted by atomic mass is 9.97. The Kier molecular flexibility index (Phi) is 5.78. The third-order valence-electron chi connectivity index (χ3n) is 2.66. The van der Waals surface area contributed by atoms with Crippen LogP contribution in [0.15, 0.2) is 18.2 Å². The zero-order chi connectivity index (χ0) is 17.8. The fourth-order valence-electron chi connectivity index (χ4n) is 1.86. The SMILES string of the molecule is CCOC(=O)C(C(=O)OC(C)(C)C)c1ccc(F)cc1[N+](=O)[O-]. The van der Waals surface area contributed by atoms with Gasteiger partial charge in [-0.15, -0.1) is 0 Å². The van der Waals surface area contributed by atoms with Crippen LogP contribution < -0.4 is 0 Å². The van der Waals surface area contributed by atoms with Gasteiger partial charge in [0.05, 0.1) is 23.2 Å². The molecule has 8 heteroatoms. The smallest absolute Gasteiger partial charge is 0.325 e. The van der Waals surface area contributed by atoms with Crippen molar-refractivity contribution >= 4 is 17.6 Å². The average Bonchev–Trinajstić information content (AvgIpc) is 2.38. The van der Waals surface area contributed by atoms with Gasteiger partial charge < -0.3 is 9.47 Å². The second-order valence-corrected chi connectivity index (χ2v) is 5.68. The Balaban J connectivity index is 3.38. The summed E-state index contributed by atoms with van der Waals surface area (Å²) >= 11 is 0. The first-order valence-electron chi connectivity index (χ1n) is 6.90. The van der Waals surface area contributed by atoms with Crippen molar-refractivity contribution in [2.75, 3.05) is 6.61 Å². The first-order chi connectivity index (χ1) is 10.6. The quantitative estimate of drug-likeness (QED) is 0.357. The Morgan fingerprint density at radius 3 is 2.39 bits per heavy atom. The fraction of sp³-hybridized carbons (Fsp3) is 0.467. The number of carbonyl (C=O) groups is 2. The van der Waals surface area contributed by atoms with Crippen LogP contribution in [0.2, 0.25) is 0 Å². The Morgan fingerprint density at radius 1 is 1.30 bits per heavy atom. The van der Waals surface area contributed by atoms with Crippen LogP contribution in [0.5, 0.6) is 0 Å². The molecule has 0 amide bonds. The number of carbonyl (C=O) groups excluding carboxylic acids is 2. The van der Waals surface area contributed by atoms with Gasteiger partial charge in [0.2, 0.25) is 0 Å². The summed E-state index contributed by atoms with van der Waals surface area (Å²) in [4.78, 5) is 34.6. The van der Waals surface area contributed by atoms with Crippen molar-refractivity contribution in [2.45, 2.75) is 39.2 Å². The second-order valence-electron chi connectivity index (χ2n) is 5.68. The van der Waals surface area contributed by atoms with E-state index < -0.39 is 39.9 Å². The van der Waals surface area contributed by atoms with E-state index in [1.165, 1.54) is 6.92 Å². The number of nitro benzene ring substituents is 1. The van der Waals surface area contributed by atoms with Gasteiger partial charge >= 0.3 is 11.9 Å². The van der Waals surface area contributed by atoms with Gasteiger partial charge in [-0.1, -0.05) is 0 Å².